The predicted molar refractivity (Wildman–Crippen MR) is 137 cm³/mol. The SMILES string of the molecule is C=C(CC)C(=O)c1ccc(OCC(=O)NCCNC(=O)COc2ccc(C(=O)C(=C)CC)cc2)cc1. The number of carbonyl (C=O) groups excluding carboxylic acids is 4. The smallest absolute Gasteiger partial charge is 0.258 e. The Labute approximate surface area is 211 Å². The molecule has 0 aliphatic carbocycles. The maximum absolute atomic E-state index is 12.1. The molecule has 0 unspecified atom stereocenters. The van der Waals surface area contributed by atoms with Crippen molar-refractivity contribution < 1.29 is 28.7 Å². The average Bonchev–Trinajstić information content (AvgIpc) is 2.91. The van der Waals surface area contributed by atoms with Crippen molar-refractivity contribution in [1.82, 2.24) is 10.6 Å². The minimum Gasteiger partial charge on any atom is -0.484 e. The topological polar surface area (TPSA) is 111 Å². The van der Waals surface area contributed by atoms with Gasteiger partial charge in [0.2, 0.25) is 0 Å². The zero-order valence-corrected chi connectivity index (χ0v) is 20.7. The quantitative estimate of drug-likeness (QED) is 0.223. The number of nitrogens with one attached hydrogen (secondary N) is 2. The van der Waals surface area contributed by atoms with Gasteiger partial charge in [-0.2, -0.15) is 0 Å². The Morgan fingerprint density at radius 2 is 0.972 bits per heavy atom. The molecule has 8 heteroatoms. The fourth-order valence-corrected chi connectivity index (χ4v) is 2.94. The van der Waals surface area contributed by atoms with Crippen LogP contribution in [0.3, 0.4) is 0 Å². The first-order chi connectivity index (χ1) is 17.2. The van der Waals surface area contributed by atoms with Crippen LogP contribution in [0.1, 0.15) is 47.4 Å². The highest BCUT2D eigenvalue weighted by Gasteiger charge is 2.10. The Balaban J connectivity index is 1.62. The molecule has 0 heterocycles. The minimum absolute atomic E-state index is 0.113. The molecule has 190 valence electrons. The van der Waals surface area contributed by atoms with Crippen LogP contribution < -0.4 is 20.1 Å². The molecule has 0 spiro atoms. The molecule has 36 heavy (non-hydrogen) atoms. The van der Waals surface area contributed by atoms with Crippen molar-refractivity contribution in [3.63, 3.8) is 0 Å². The zero-order valence-electron chi connectivity index (χ0n) is 20.7. The summed E-state index contributed by atoms with van der Waals surface area (Å²) in [5.41, 5.74) is 2.10. The Morgan fingerprint density at radius 3 is 1.28 bits per heavy atom. The highest BCUT2D eigenvalue weighted by atomic mass is 16.5. The van der Waals surface area contributed by atoms with E-state index in [0.29, 0.717) is 46.6 Å². The van der Waals surface area contributed by atoms with Crippen LogP contribution in [-0.2, 0) is 9.59 Å². The molecule has 2 N–H and O–H groups in total. The molecule has 2 amide bonds. The third kappa shape index (κ3) is 8.87. The fraction of sp³-hybridized carbons (Fsp3) is 0.286. The molecule has 0 aliphatic rings. The van der Waals surface area contributed by atoms with Gasteiger partial charge >= 0.3 is 0 Å². The molecule has 0 saturated carbocycles. The molecule has 0 aliphatic heterocycles. The lowest BCUT2D eigenvalue weighted by Crippen LogP contribution is -2.38. The summed E-state index contributed by atoms with van der Waals surface area (Å²) in [6.07, 6.45) is 1.16. The standard InChI is InChI=1S/C28H32N2O6/c1-5-19(3)27(33)21-7-11-23(12-8-21)35-17-25(31)29-15-16-30-26(32)18-36-24-13-9-22(10-14-24)28(34)20(4)6-2/h7-14H,3-6,15-18H2,1-2H3,(H,29,31)(H,30,32). The first-order valence-corrected chi connectivity index (χ1v) is 11.7. The molecule has 0 radical (unpaired) electrons. The van der Waals surface area contributed by atoms with E-state index in [1.54, 1.807) is 48.5 Å². The number of carbonyl (C=O) groups is 4. The van der Waals surface area contributed by atoms with Gasteiger partial charge < -0.3 is 20.1 Å². The predicted octanol–water partition coefficient (Wildman–Crippen LogP) is 3.67. The number of hydrogen-bond donors (Lipinski definition) is 2. The van der Waals surface area contributed by atoms with E-state index in [4.69, 9.17) is 9.47 Å². The molecular formula is C28H32N2O6. The zero-order chi connectivity index (χ0) is 26.5. The van der Waals surface area contributed by atoms with Gasteiger partial charge in [-0.3, -0.25) is 19.2 Å². The second-order valence-electron chi connectivity index (χ2n) is 7.90. The maximum Gasteiger partial charge on any atom is 0.258 e. The van der Waals surface area contributed by atoms with Crippen LogP contribution in [-0.4, -0.2) is 49.7 Å². The summed E-state index contributed by atoms with van der Waals surface area (Å²) in [7, 11) is 0. The summed E-state index contributed by atoms with van der Waals surface area (Å²) in [6.45, 7) is 11.3. The lowest BCUT2D eigenvalue weighted by molar-refractivity contribution is -0.124. The molecule has 2 rings (SSSR count). The Morgan fingerprint density at radius 1 is 0.639 bits per heavy atom. The van der Waals surface area contributed by atoms with E-state index in [1.807, 2.05) is 13.8 Å². The fourth-order valence-electron chi connectivity index (χ4n) is 2.94. The number of ether oxygens (including phenoxy) is 2. The highest BCUT2D eigenvalue weighted by molar-refractivity contribution is 6.08. The van der Waals surface area contributed by atoms with Crippen molar-refractivity contribution in [2.45, 2.75) is 26.7 Å². The van der Waals surface area contributed by atoms with E-state index < -0.39 is 0 Å². The van der Waals surface area contributed by atoms with Crippen molar-refractivity contribution in [2.75, 3.05) is 26.3 Å². The lowest BCUT2D eigenvalue weighted by Gasteiger charge is -2.10. The van der Waals surface area contributed by atoms with Crippen LogP contribution in [0.2, 0.25) is 0 Å². The molecule has 2 aromatic rings. The van der Waals surface area contributed by atoms with E-state index >= 15 is 0 Å². The van der Waals surface area contributed by atoms with Crippen molar-refractivity contribution in [2.24, 2.45) is 0 Å². The Kier molecular flexibility index (Phi) is 11.1. The molecular weight excluding hydrogens is 460 g/mol. The van der Waals surface area contributed by atoms with Crippen molar-refractivity contribution in [3.05, 3.63) is 84.0 Å². The number of Topliss-reactive ketones (excluding diaryl/α,β-unsaturated/α-hetero) is 2. The number of allylic oxidation sites excluding steroid dienone is 2. The van der Waals surface area contributed by atoms with E-state index in [-0.39, 0.29) is 49.7 Å². The molecule has 0 aromatic heterocycles. The number of ketones is 2. The van der Waals surface area contributed by atoms with Crippen molar-refractivity contribution >= 4 is 23.4 Å². The van der Waals surface area contributed by atoms with E-state index in [0.717, 1.165) is 0 Å². The van der Waals surface area contributed by atoms with Gasteiger partial charge in [-0.05, 0) is 72.5 Å². The summed E-state index contributed by atoms with van der Waals surface area (Å²) in [5.74, 6) is 0.0000414. The van der Waals surface area contributed by atoms with E-state index in [2.05, 4.69) is 23.8 Å². The molecule has 8 nitrogen and oxygen atoms in total. The Bertz CT molecular complexity index is 1010. The van der Waals surface area contributed by atoms with Gasteiger partial charge in [0.25, 0.3) is 11.8 Å². The van der Waals surface area contributed by atoms with Gasteiger partial charge in [0, 0.05) is 24.2 Å². The third-order valence-corrected chi connectivity index (χ3v) is 5.24. The summed E-state index contributed by atoms with van der Waals surface area (Å²) < 4.78 is 10.8. The third-order valence-electron chi connectivity index (χ3n) is 5.24. The van der Waals surface area contributed by atoms with Crippen LogP contribution in [0.4, 0.5) is 0 Å². The normalized spacial score (nSPS) is 10.2. The second kappa shape index (κ2) is 14.3. The van der Waals surface area contributed by atoms with Crippen molar-refractivity contribution in [1.29, 1.82) is 0 Å². The summed E-state index contributed by atoms with van der Waals surface area (Å²) in [6, 6.07) is 13.0. The Hall–Kier alpha value is -4.20. The minimum atomic E-state index is -0.347. The second-order valence-corrected chi connectivity index (χ2v) is 7.90. The summed E-state index contributed by atoms with van der Waals surface area (Å²) in [4.78, 5) is 48.0. The number of benzene rings is 2. The van der Waals surface area contributed by atoms with Gasteiger partial charge in [-0.1, -0.05) is 27.0 Å². The number of amides is 2. The average molecular weight is 493 g/mol. The largest absolute Gasteiger partial charge is 0.484 e. The molecule has 0 atom stereocenters. The van der Waals surface area contributed by atoms with Gasteiger partial charge in [-0.25, -0.2) is 0 Å². The van der Waals surface area contributed by atoms with Gasteiger partial charge in [0.15, 0.2) is 24.8 Å². The van der Waals surface area contributed by atoms with E-state index in [9.17, 15) is 19.2 Å². The van der Waals surface area contributed by atoms with Crippen LogP contribution in [0.25, 0.3) is 0 Å². The van der Waals surface area contributed by atoms with Crippen LogP contribution in [0.5, 0.6) is 11.5 Å². The monoisotopic (exact) mass is 492 g/mol. The summed E-state index contributed by atoms with van der Waals surface area (Å²) in [5, 5.41) is 5.28. The molecule has 2 aromatic carbocycles. The van der Waals surface area contributed by atoms with Gasteiger partial charge in [0.1, 0.15) is 11.5 Å². The highest BCUT2D eigenvalue weighted by Crippen LogP contribution is 2.16. The van der Waals surface area contributed by atoms with E-state index in [1.165, 1.54) is 0 Å². The van der Waals surface area contributed by atoms with Crippen LogP contribution in [0, 0.1) is 0 Å². The van der Waals surface area contributed by atoms with Gasteiger partial charge in [0.05, 0.1) is 0 Å². The van der Waals surface area contributed by atoms with Crippen LogP contribution in [0.15, 0.2) is 72.8 Å². The van der Waals surface area contributed by atoms with Crippen LogP contribution >= 0.6 is 0 Å². The summed E-state index contributed by atoms with van der Waals surface area (Å²) >= 11 is 0. The van der Waals surface area contributed by atoms with Gasteiger partial charge in [-0.15, -0.1) is 0 Å². The molecule has 0 fully saturated rings. The van der Waals surface area contributed by atoms with Crippen molar-refractivity contribution in [3.8, 4) is 11.5 Å². The molecule has 0 saturated heterocycles. The number of rotatable bonds is 15. The number of hydrogen-bond acceptors (Lipinski definition) is 6. The molecule has 0 bridgehead atoms. The first-order valence-electron chi connectivity index (χ1n) is 11.7. The first kappa shape index (κ1) is 28.0. The lowest BCUT2D eigenvalue weighted by atomic mass is 10.0. The maximum atomic E-state index is 12.1.